The van der Waals surface area contributed by atoms with Crippen LogP contribution in [0.2, 0.25) is 0 Å². The largest absolute Gasteiger partial charge is 0.494 e. The fourth-order valence-corrected chi connectivity index (χ4v) is 3.37. The van der Waals surface area contributed by atoms with Crippen molar-refractivity contribution < 1.29 is 41.7 Å². The maximum Gasteiger partial charge on any atom is 0.490 e. The highest BCUT2D eigenvalue weighted by atomic mass is 19.4. The molecule has 0 spiro atoms. The third-order valence-corrected chi connectivity index (χ3v) is 4.90. The number of benzene rings is 1. The average molecular weight is 436 g/mol. The summed E-state index contributed by atoms with van der Waals surface area (Å²) < 4.78 is 56.2. The van der Waals surface area contributed by atoms with E-state index >= 15 is 0 Å². The zero-order valence-electron chi connectivity index (χ0n) is 16.6. The molecule has 0 saturated carbocycles. The van der Waals surface area contributed by atoms with Crippen LogP contribution in [0.5, 0.6) is 5.75 Å². The molecule has 2 saturated heterocycles. The Bertz CT molecular complexity index is 759. The SMILES string of the molecule is COc1ccc(CC(=O)N2C[C@@H]3CN(C)CCO[C@@H]3C2)cc1F.O=C(O)C(F)(F)F. The lowest BCUT2D eigenvalue weighted by Crippen LogP contribution is -2.33. The van der Waals surface area contributed by atoms with Gasteiger partial charge in [0, 0.05) is 32.1 Å². The van der Waals surface area contributed by atoms with E-state index in [1.807, 2.05) is 4.90 Å². The number of hydrogen-bond donors (Lipinski definition) is 1. The number of nitrogens with zero attached hydrogens (tertiary/aromatic N) is 2. The van der Waals surface area contributed by atoms with E-state index in [0.717, 1.165) is 13.1 Å². The summed E-state index contributed by atoms with van der Waals surface area (Å²) in [7, 11) is 3.51. The molecule has 7 nitrogen and oxygen atoms in total. The number of fused-ring (bicyclic) bond motifs is 1. The molecule has 1 amide bonds. The zero-order chi connectivity index (χ0) is 22.5. The predicted octanol–water partition coefficient (Wildman–Crippen LogP) is 1.80. The van der Waals surface area contributed by atoms with Crippen molar-refractivity contribution in [2.45, 2.75) is 18.7 Å². The van der Waals surface area contributed by atoms with Crippen molar-refractivity contribution in [3.8, 4) is 5.75 Å². The van der Waals surface area contributed by atoms with Crippen molar-refractivity contribution in [3.63, 3.8) is 0 Å². The fraction of sp³-hybridized carbons (Fsp3) is 0.579. The molecule has 30 heavy (non-hydrogen) atoms. The van der Waals surface area contributed by atoms with Crippen molar-refractivity contribution in [2.75, 3.05) is 46.9 Å². The Morgan fingerprint density at radius 1 is 1.27 bits per heavy atom. The number of alkyl halides is 3. The van der Waals surface area contributed by atoms with Crippen LogP contribution in [0.15, 0.2) is 18.2 Å². The molecule has 0 aromatic heterocycles. The van der Waals surface area contributed by atoms with Crippen molar-refractivity contribution in [3.05, 3.63) is 29.6 Å². The third-order valence-electron chi connectivity index (χ3n) is 4.90. The van der Waals surface area contributed by atoms with Gasteiger partial charge in [0.15, 0.2) is 11.6 Å². The monoisotopic (exact) mass is 436 g/mol. The number of methoxy groups -OCH3 is 1. The molecule has 1 aromatic carbocycles. The number of ether oxygens (including phenoxy) is 2. The summed E-state index contributed by atoms with van der Waals surface area (Å²) in [6, 6.07) is 4.66. The van der Waals surface area contributed by atoms with Crippen molar-refractivity contribution in [1.82, 2.24) is 9.80 Å². The quantitative estimate of drug-likeness (QED) is 0.729. The number of carbonyl (C=O) groups excluding carboxylic acids is 1. The van der Waals surface area contributed by atoms with E-state index in [1.165, 1.54) is 13.2 Å². The van der Waals surface area contributed by atoms with Gasteiger partial charge in [-0.25, -0.2) is 9.18 Å². The van der Waals surface area contributed by atoms with Crippen molar-refractivity contribution in [1.29, 1.82) is 0 Å². The van der Waals surface area contributed by atoms with Gasteiger partial charge in [0.25, 0.3) is 0 Å². The minimum Gasteiger partial charge on any atom is -0.494 e. The van der Waals surface area contributed by atoms with Gasteiger partial charge in [-0.15, -0.1) is 0 Å². The fourth-order valence-electron chi connectivity index (χ4n) is 3.37. The predicted molar refractivity (Wildman–Crippen MR) is 97.7 cm³/mol. The van der Waals surface area contributed by atoms with E-state index in [2.05, 4.69) is 11.9 Å². The van der Waals surface area contributed by atoms with Crippen LogP contribution in [-0.4, -0.2) is 86.0 Å². The van der Waals surface area contributed by atoms with Crippen LogP contribution in [0, 0.1) is 11.7 Å². The highest BCUT2D eigenvalue weighted by molar-refractivity contribution is 5.79. The van der Waals surface area contributed by atoms with Gasteiger partial charge in [0.2, 0.25) is 5.91 Å². The Morgan fingerprint density at radius 3 is 2.50 bits per heavy atom. The molecular formula is C19H24F4N2O5. The molecule has 1 N–H and O–H groups in total. The zero-order valence-corrected chi connectivity index (χ0v) is 16.6. The van der Waals surface area contributed by atoms with Crippen LogP contribution in [-0.2, 0) is 20.7 Å². The lowest BCUT2D eigenvalue weighted by Gasteiger charge is -2.19. The second-order valence-corrected chi connectivity index (χ2v) is 7.18. The first-order valence-electron chi connectivity index (χ1n) is 9.21. The van der Waals surface area contributed by atoms with Crippen LogP contribution in [0.4, 0.5) is 17.6 Å². The summed E-state index contributed by atoms with van der Waals surface area (Å²) in [6.45, 7) is 3.95. The summed E-state index contributed by atoms with van der Waals surface area (Å²) in [6.07, 6.45) is -4.76. The Kier molecular flexibility index (Phi) is 8.02. The molecule has 0 radical (unpaired) electrons. The smallest absolute Gasteiger partial charge is 0.490 e. The number of carboxylic acids is 1. The number of hydrogen-bond acceptors (Lipinski definition) is 5. The van der Waals surface area contributed by atoms with Gasteiger partial charge in [-0.2, -0.15) is 13.2 Å². The molecule has 0 unspecified atom stereocenters. The van der Waals surface area contributed by atoms with E-state index in [4.69, 9.17) is 19.4 Å². The topological polar surface area (TPSA) is 79.3 Å². The summed E-state index contributed by atoms with van der Waals surface area (Å²) in [5, 5.41) is 7.12. The number of carboxylic acid groups (broad SMARTS) is 1. The van der Waals surface area contributed by atoms with Gasteiger partial charge in [-0.3, -0.25) is 4.79 Å². The number of aliphatic carboxylic acids is 1. The van der Waals surface area contributed by atoms with Crippen molar-refractivity contribution in [2.24, 2.45) is 5.92 Å². The van der Waals surface area contributed by atoms with Crippen LogP contribution >= 0.6 is 0 Å². The standard InChI is InChI=1S/C17H23FN2O3.C2HF3O2/c1-19-5-6-23-16-11-20(10-13(16)9-19)17(21)8-12-3-4-15(22-2)14(18)7-12;3-2(4,5)1(6)7/h3-4,7,13,16H,5-6,8-11H2,1-2H3;(H,6,7)/t13-,16+;/m0./s1. The van der Waals surface area contributed by atoms with Crippen LogP contribution in [0.3, 0.4) is 0 Å². The van der Waals surface area contributed by atoms with Gasteiger partial charge in [0.05, 0.1) is 26.2 Å². The molecule has 3 rings (SSSR count). The molecule has 0 bridgehead atoms. The normalized spacial score (nSPS) is 21.9. The summed E-state index contributed by atoms with van der Waals surface area (Å²) >= 11 is 0. The molecule has 2 heterocycles. The number of carbonyl (C=O) groups is 2. The Morgan fingerprint density at radius 2 is 1.93 bits per heavy atom. The number of amides is 1. The molecular weight excluding hydrogens is 412 g/mol. The van der Waals surface area contributed by atoms with E-state index in [0.29, 0.717) is 31.2 Å². The highest BCUT2D eigenvalue weighted by Crippen LogP contribution is 2.24. The minimum atomic E-state index is -5.08. The first-order valence-corrected chi connectivity index (χ1v) is 9.21. The average Bonchev–Trinajstić information content (AvgIpc) is 2.96. The first kappa shape index (κ1) is 23.9. The van der Waals surface area contributed by atoms with E-state index in [-0.39, 0.29) is 24.2 Å². The second kappa shape index (κ2) is 10.1. The first-order chi connectivity index (χ1) is 14.0. The number of rotatable bonds is 3. The third kappa shape index (κ3) is 6.56. The lowest BCUT2D eigenvalue weighted by atomic mass is 10.1. The summed E-state index contributed by atoms with van der Waals surface area (Å²) in [5.74, 6) is -2.61. The van der Waals surface area contributed by atoms with Crippen molar-refractivity contribution >= 4 is 11.9 Å². The summed E-state index contributed by atoms with van der Waals surface area (Å²) in [5.41, 5.74) is 0.665. The van der Waals surface area contributed by atoms with Crippen LogP contribution in [0.1, 0.15) is 5.56 Å². The molecule has 1 aromatic rings. The number of halogens is 4. The molecule has 2 aliphatic rings. The summed E-state index contributed by atoms with van der Waals surface area (Å²) in [4.78, 5) is 25.5. The molecule has 0 aliphatic carbocycles. The molecule has 168 valence electrons. The van der Waals surface area contributed by atoms with E-state index in [9.17, 15) is 22.4 Å². The van der Waals surface area contributed by atoms with Gasteiger partial charge >= 0.3 is 12.1 Å². The van der Waals surface area contributed by atoms with E-state index in [1.54, 1.807) is 12.1 Å². The highest BCUT2D eigenvalue weighted by Gasteiger charge is 2.38. The van der Waals surface area contributed by atoms with Gasteiger partial charge in [0.1, 0.15) is 0 Å². The van der Waals surface area contributed by atoms with Crippen LogP contribution in [0.25, 0.3) is 0 Å². The molecule has 11 heteroatoms. The van der Waals surface area contributed by atoms with Gasteiger partial charge < -0.3 is 24.4 Å². The maximum atomic E-state index is 13.7. The molecule has 2 fully saturated rings. The van der Waals surface area contributed by atoms with E-state index < -0.39 is 18.0 Å². The van der Waals surface area contributed by atoms with Gasteiger partial charge in [-0.05, 0) is 24.7 Å². The Labute approximate surface area is 171 Å². The van der Waals surface area contributed by atoms with Gasteiger partial charge in [-0.1, -0.05) is 6.07 Å². The van der Waals surface area contributed by atoms with Crippen LogP contribution < -0.4 is 4.74 Å². The number of likely N-dealkylation sites (N-methyl/N-ethyl adjacent to an activating group) is 1. The Balaban J connectivity index is 0.000000396. The molecule has 2 atom stereocenters. The maximum absolute atomic E-state index is 13.7. The second-order valence-electron chi connectivity index (χ2n) is 7.18. The number of likely N-dealkylation sites (tertiary alicyclic amines) is 1. The minimum absolute atomic E-state index is 0.0221. The lowest BCUT2D eigenvalue weighted by molar-refractivity contribution is -0.192. The Hall–Kier alpha value is -2.40. The molecule has 2 aliphatic heterocycles.